The molecular formula is C15H21NO3. The molecular weight excluding hydrogens is 242 g/mol. The van der Waals surface area contributed by atoms with Crippen LogP contribution in [0.5, 0.6) is 0 Å². The van der Waals surface area contributed by atoms with E-state index < -0.39 is 5.54 Å². The summed E-state index contributed by atoms with van der Waals surface area (Å²) in [7, 11) is 0. The molecule has 0 saturated carbocycles. The highest BCUT2D eigenvalue weighted by atomic mass is 16.5. The van der Waals surface area contributed by atoms with Gasteiger partial charge in [-0.1, -0.05) is 30.3 Å². The Balaban J connectivity index is 1.91. The minimum atomic E-state index is -1.09. The van der Waals surface area contributed by atoms with Gasteiger partial charge in [0.25, 0.3) is 0 Å². The molecule has 1 heterocycles. The fourth-order valence-electron chi connectivity index (χ4n) is 2.16. The first-order chi connectivity index (χ1) is 9.10. The zero-order valence-corrected chi connectivity index (χ0v) is 11.3. The minimum absolute atomic E-state index is 0.370. The molecule has 4 nitrogen and oxygen atoms in total. The van der Waals surface area contributed by atoms with Gasteiger partial charge in [0.15, 0.2) is 0 Å². The molecule has 19 heavy (non-hydrogen) atoms. The number of hydrogen-bond donors (Lipinski definition) is 1. The number of benzene rings is 1. The van der Waals surface area contributed by atoms with Gasteiger partial charge in [0.1, 0.15) is 5.54 Å². The number of nitrogens with two attached hydrogens (primary N) is 1. The average molecular weight is 263 g/mol. The maximum atomic E-state index is 12.1. The van der Waals surface area contributed by atoms with E-state index in [9.17, 15) is 4.79 Å². The van der Waals surface area contributed by atoms with Crippen LogP contribution in [0.2, 0.25) is 0 Å². The van der Waals surface area contributed by atoms with Crippen LogP contribution in [0.15, 0.2) is 30.3 Å². The van der Waals surface area contributed by atoms with E-state index in [4.69, 9.17) is 15.2 Å². The molecule has 1 aliphatic rings. The Kier molecular flexibility index (Phi) is 4.56. The Labute approximate surface area is 113 Å². The van der Waals surface area contributed by atoms with Crippen molar-refractivity contribution >= 4 is 5.97 Å². The highest BCUT2D eigenvalue weighted by molar-refractivity contribution is 5.81. The normalized spacial score (nSPS) is 19.7. The zero-order valence-electron chi connectivity index (χ0n) is 11.3. The SMILES string of the molecule is CC(N)(C(=O)OCC1CCOCC1)c1ccccc1. The van der Waals surface area contributed by atoms with Gasteiger partial charge in [-0.05, 0) is 31.2 Å². The highest BCUT2D eigenvalue weighted by Gasteiger charge is 2.32. The van der Waals surface area contributed by atoms with Crippen molar-refractivity contribution in [3.05, 3.63) is 35.9 Å². The summed E-state index contributed by atoms with van der Waals surface area (Å²) in [6.07, 6.45) is 1.89. The summed E-state index contributed by atoms with van der Waals surface area (Å²) in [6.45, 7) is 3.62. The van der Waals surface area contributed by atoms with Crippen LogP contribution in [0.1, 0.15) is 25.3 Å². The Morgan fingerprint density at radius 2 is 2.00 bits per heavy atom. The van der Waals surface area contributed by atoms with E-state index in [0.29, 0.717) is 12.5 Å². The van der Waals surface area contributed by atoms with Crippen LogP contribution in [0.25, 0.3) is 0 Å². The molecule has 2 rings (SSSR count). The molecule has 0 aromatic heterocycles. The van der Waals surface area contributed by atoms with Crippen LogP contribution in [0.3, 0.4) is 0 Å². The minimum Gasteiger partial charge on any atom is -0.464 e. The first kappa shape index (κ1) is 14.0. The molecule has 1 unspecified atom stereocenters. The van der Waals surface area contributed by atoms with Crippen LogP contribution in [0, 0.1) is 5.92 Å². The summed E-state index contributed by atoms with van der Waals surface area (Å²) >= 11 is 0. The summed E-state index contributed by atoms with van der Waals surface area (Å²) in [6, 6.07) is 9.32. The summed E-state index contributed by atoms with van der Waals surface area (Å²) in [5.41, 5.74) is 5.78. The molecule has 0 radical (unpaired) electrons. The lowest BCUT2D eigenvalue weighted by Gasteiger charge is -2.26. The van der Waals surface area contributed by atoms with Crippen molar-refractivity contribution in [3.63, 3.8) is 0 Å². The third-order valence-corrected chi connectivity index (χ3v) is 3.59. The molecule has 1 aliphatic heterocycles. The first-order valence-corrected chi connectivity index (χ1v) is 6.70. The molecule has 0 amide bonds. The van der Waals surface area contributed by atoms with Crippen molar-refractivity contribution in [2.45, 2.75) is 25.3 Å². The molecule has 1 fully saturated rings. The van der Waals surface area contributed by atoms with Gasteiger partial charge in [-0.15, -0.1) is 0 Å². The maximum absolute atomic E-state index is 12.1. The smallest absolute Gasteiger partial charge is 0.330 e. The molecule has 1 atom stereocenters. The summed E-state index contributed by atoms with van der Waals surface area (Å²) < 4.78 is 10.7. The van der Waals surface area contributed by atoms with Gasteiger partial charge in [0.2, 0.25) is 0 Å². The molecule has 1 aromatic carbocycles. The zero-order chi connectivity index (χ0) is 13.7. The summed E-state index contributed by atoms with van der Waals surface area (Å²) in [5.74, 6) is 0.0227. The molecule has 1 saturated heterocycles. The van der Waals surface area contributed by atoms with E-state index in [1.807, 2.05) is 30.3 Å². The van der Waals surface area contributed by atoms with Gasteiger partial charge in [-0.2, -0.15) is 0 Å². The van der Waals surface area contributed by atoms with E-state index >= 15 is 0 Å². The Bertz CT molecular complexity index is 411. The van der Waals surface area contributed by atoms with Crippen LogP contribution >= 0.6 is 0 Å². The van der Waals surface area contributed by atoms with Crippen molar-refractivity contribution in [3.8, 4) is 0 Å². The standard InChI is InChI=1S/C15H21NO3/c1-15(16,13-5-3-2-4-6-13)14(17)19-11-12-7-9-18-10-8-12/h2-6,12H,7-11,16H2,1H3. The lowest BCUT2D eigenvalue weighted by atomic mass is 9.93. The number of carbonyl (C=O) groups excluding carboxylic acids is 1. The average Bonchev–Trinajstić information content (AvgIpc) is 2.46. The van der Waals surface area contributed by atoms with Crippen molar-refractivity contribution in [2.75, 3.05) is 19.8 Å². The fourth-order valence-corrected chi connectivity index (χ4v) is 2.16. The first-order valence-electron chi connectivity index (χ1n) is 6.70. The predicted octanol–water partition coefficient (Wildman–Crippen LogP) is 1.83. The summed E-state index contributed by atoms with van der Waals surface area (Å²) in [5, 5.41) is 0. The van der Waals surface area contributed by atoms with Crippen molar-refractivity contribution < 1.29 is 14.3 Å². The van der Waals surface area contributed by atoms with Gasteiger partial charge in [0.05, 0.1) is 6.61 Å². The number of hydrogen-bond acceptors (Lipinski definition) is 4. The van der Waals surface area contributed by atoms with E-state index in [-0.39, 0.29) is 5.97 Å². The quantitative estimate of drug-likeness (QED) is 0.842. The third kappa shape index (κ3) is 3.55. The van der Waals surface area contributed by atoms with E-state index in [2.05, 4.69) is 0 Å². The molecule has 104 valence electrons. The molecule has 1 aromatic rings. The fraction of sp³-hybridized carbons (Fsp3) is 0.533. The molecule has 0 spiro atoms. The van der Waals surface area contributed by atoms with Gasteiger partial charge in [-0.3, -0.25) is 0 Å². The number of ether oxygens (including phenoxy) is 2. The number of esters is 1. The highest BCUT2D eigenvalue weighted by Crippen LogP contribution is 2.21. The Morgan fingerprint density at radius 1 is 1.37 bits per heavy atom. The largest absolute Gasteiger partial charge is 0.464 e. The topological polar surface area (TPSA) is 61.6 Å². The van der Waals surface area contributed by atoms with Gasteiger partial charge in [-0.25, -0.2) is 4.79 Å². The third-order valence-electron chi connectivity index (χ3n) is 3.59. The number of carbonyl (C=O) groups is 1. The molecule has 0 aliphatic carbocycles. The second-order valence-corrected chi connectivity index (χ2v) is 5.22. The van der Waals surface area contributed by atoms with Crippen molar-refractivity contribution in [2.24, 2.45) is 11.7 Å². The van der Waals surface area contributed by atoms with E-state index in [0.717, 1.165) is 31.6 Å². The Hall–Kier alpha value is -1.39. The van der Waals surface area contributed by atoms with Crippen molar-refractivity contribution in [1.29, 1.82) is 0 Å². The molecule has 0 bridgehead atoms. The second kappa shape index (κ2) is 6.17. The van der Waals surface area contributed by atoms with Crippen molar-refractivity contribution in [1.82, 2.24) is 0 Å². The van der Waals surface area contributed by atoms with Crippen LogP contribution in [-0.4, -0.2) is 25.8 Å². The monoisotopic (exact) mass is 263 g/mol. The lowest BCUT2D eigenvalue weighted by Crippen LogP contribution is -2.43. The van der Waals surface area contributed by atoms with Gasteiger partial charge < -0.3 is 15.2 Å². The number of rotatable bonds is 4. The molecule has 4 heteroatoms. The van der Waals surface area contributed by atoms with Gasteiger partial charge >= 0.3 is 5.97 Å². The van der Waals surface area contributed by atoms with Gasteiger partial charge in [0, 0.05) is 13.2 Å². The van der Waals surface area contributed by atoms with Crippen LogP contribution < -0.4 is 5.73 Å². The van der Waals surface area contributed by atoms with E-state index in [1.54, 1.807) is 6.92 Å². The van der Waals surface area contributed by atoms with Crippen LogP contribution in [-0.2, 0) is 19.8 Å². The lowest BCUT2D eigenvalue weighted by molar-refractivity contribution is -0.152. The predicted molar refractivity (Wildman–Crippen MR) is 72.5 cm³/mol. The van der Waals surface area contributed by atoms with E-state index in [1.165, 1.54) is 0 Å². The van der Waals surface area contributed by atoms with Crippen LogP contribution in [0.4, 0.5) is 0 Å². The second-order valence-electron chi connectivity index (χ2n) is 5.22. The Morgan fingerprint density at radius 3 is 2.63 bits per heavy atom. The molecule has 2 N–H and O–H groups in total. The maximum Gasteiger partial charge on any atom is 0.330 e. The summed E-state index contributed by atoms with van der Waals surface area (Å²) in [4.78, 5) is 12.1.